The predicted molar refractivity (Wildman–Crippen MR) is 72.8 cm³/mol. The summed E-state index contributed by atoms with van der Waals surface area (Å²) in [5.41, 5.74) is 7.52. The van der Waals surface area contributed by atoms with E-state index < -0.39 is 17.7 Å². The lowest BCUT2D eigenvalue weighted by Crippen LogP contribution is -2.33. The maximum absolute atomic E-state index is 13.3. The molecule has 0 saturated heterocycles. The molecule has 0 fully saturated rings. The Morgan fingerprint density at radius 3 is 2.16 bits per heavy atom. The van der Waals surface area contributed by atoms with Crippen molar-refractivity contribution in [2.24, 2.45) is 5.73 Å². The van der Waals surface area contributed by atoms with Crippen LogP contribution in [0.4, 0.5) is 8.78 Å². The molecule has 0 aromatic heterocycles. The Balaban J connectivity index is 2.37. The molecule has 0 aliphatic heterocycles. The molecule has 1 nitrogen and oxygen atoms in total. The van der Waals surface area contributed by atoms with E-state index in [0.717, 1.165) is 11.6 Å². The van der Waals surface area contributed by atoms with Gasteiger partial charge in [-0.2, -0.15) is 0 Å². The van der Waals surface area contributed by atoms with Crippen LogP contribution >= 0.6 is 0 Å². The Labute approximate surface area is 112 Å². The van der Waals surface area contributed by atoms with Gasteiger partial charge in [0.15, 0.2) is 11.6 Å². The lowest BCUT2D eigenvalue weighted by molar-refractivity contribution is 0.416. The lowest BCUT2D eigenvalue weighted by Gasteiger charge is -2.32. The van der Waals surface area contributed by atoms with Crippen LogP contribution in [0.25, 0.3) is 0 Å². The van der Waals surface area contributed by atoms with Gasteiger partial charge in [-0.1, -0.05) is 50.2 Å². The zero-order valence-corrected chi connectivity index (χ0v) is 11.0. The molecule has 0 aliphatic rings. The van der Waals surface area contributed by atoms with E-state index in [0.29, 0.717) is 5.56 Å². The van der Waals surface area contributed by atoms with Gasteiger partial charge in [0.2, 0.25) is 0 Å². The van der Waals surface area contributed by atoms with Crippen LogP contribution in [0.1, 0.15) is 31.0 Å². The topological polar surface area (TPSA) is 26.0 Å². The Hall–Kier alpha value is -1.74. The van der Waals surface area contributed by atoms with E-state index in [-0.39, 0.29) is 5.41 Å². The second-order valence-electron chi connectivity index (χ2n) is 5.24. The molecule has 0 aliphatic carbocycles. The zero-order valence-electron chi connectivity index (χ0n) is 11.0. The molecule has 0 amide bonds. The molecule has 0 spiro atoms. The monoisotopic (exact) mass is 261 g/mol. The fraction of sp³-hybridized carbons (Fsp3) is 0.250. The smallest absolute Gasteiger partial charge is 0.159 e. The van der Waals surface area contributed by atoms with E-state index in [1.165, 1.54) is 12.1 Å². The highest BCUT2D eigenvalue weighted by atomic mass is 19.2. The molecule has 0 heterocycles. The van der Waals surface area contributed by atoms with Crippen molar-refractivity contribution < 1.29 is 8.78 Å². The van der Waals surface area contributed by atoms with Crippen LogP contribution in [-0.2, 0) is 5.41 Å². The summed E-state index contributed by atoms with van der Waals surface area (Å²) in [5, 5.41) is 0. The van der Waals surface area contributed by atoms with E-state index in [4.69, 9.17) is 5.73 Å². The molecule has 2 rings (SSSR count). The number of halogens is 2. The SMILES string of the molecule is CC(C)(c1ccccc1)C(N)c1ccc(F)c(F)c1. The maximum Gasteiger partial charge on any atom is 0.159 e. The minimum absolute atomic E-state index is 0.370. The summed E-state index contributed by atoms with van der Waals surface area (Å²) in [5.74, 6) is -1.72. The summed E-state index contributed by atoms with van der Waals surface area (Å²) in [4.78, 5) is 0. The summed E-state index contributed by atoms with van der Waals surface area (Å²) >= 11 is 0. The second-order valence-corrected chi connectivity index (χ2v) is 5.24. The van der Waals surface area contributed by atoms with Crippen LogP contribution < -0.4 is 5.73 Å². The van der Waals surface area contributed by atoms with Gasteiger partial charge in [-0.25, -0.2) is 8.78 Å². The summed E-state index contributed by atoms with van der Waals surface area (Å²) in [7, 11) is 0. The van der Waals surface area contributed by atoms with Gasteiger partial charge in [0.25, 0.3) is 0 Å². The zero-order chi connectivity index (χ0) is 14.0. The van der Waals surface area contributed by atoms with Crippen molar-refractivity contribution in [2.45, 2.75) is 25.3 Å². The quantitative estimate of drug-likeness (QED) is 0.889. The summed E-state index contributed by atoms with van der Waals surface area (Å²) in [6.07, 6.45) is 0. The highest BCUT2D eigenvalue weighted by Gasteiger charge is 2.30. The Morgan fingerprint density at radius 2 is 1.58 bits per heavy atom. The van der Waals surface area contributed by atoms with Crippen LogP contribution in [0, 0.1) is 11.6 Å². The third kappa shape index (κ3) is 2.66. The summed E-state index contributed by atoms with van der Waals surface area (Å²) < 4.78 is 26.3. The molecule has 100 valence electrons. The molecule has 3 heteroatoms. The molecule has 19 heavy (non-hydrogen) atoms. The molecular formula is C16H17F2N. The highest BCUT2D eigenvalue weighted by Crippen LogP contribution is 2.35. The molecule has 0 bridgehead atoms. The molecule has 2 aromatic rings. The molecule has 0 radical (unpaired) electrons. The standard InChI is InChI=1S/C16H17F2N/c1-16(2,12-6-4-3-5-7-12)15(19)11-8-9-13(17)14(18)10-11/h3-10,15H,19H2,1-2H3. The number of hydrogen-bond donors (Lipinski definition) is 1. The van der Waals surface area contributed by atoms with Crippen molar-refractivity contribution in [3.05, 3.63) is 71.3 Å². The first-order valence-electron chi connectivity index (χ1n) is 6.19. The Morgan fingerprint density at radius 1 is 0.947 bits per heavy atom. The number of rotatable bonds is 3. The van der Waals surface area contributed by atoms with Crippen LogP contribution in [0.2, 0.25) is 0 Å². The van der Waals surface area contributed by atoms with E-state index in [1.54, 1.807) is 0 Å². The van der Waals surface area contributed by atoms with Crippen molar-refractivity contribution in [2.75, 3.05) is 0 Å². The predicted octanol–water partition coefficient (Wildman–Crippen LogP) is 3.94. The summed E-state index contributed by atoms with van der Waals surface area (Å²) in [6.45, 7) is 3.99. The molecule has 1 unspecified atom stereocenters. The third-order valence-corrected chi connectivity index (χ3v) is 3.60. The average Bonchev–Trinajstić information content (AvgIpc) is 2.42. The average molecular weight is 261 g/mol. The number of benzene rings is 2. The third-order valence-electron chi connectivity index (χ3n) is 3.60. The first-order valence-corrected chi connectivity index (χ1v) is 6.19. The van der Waals surface area contributed by atoms with Gasteiger partial charge in [0, 0.05) is 11.5 Å². The van der Waals surface area contributed by atoms with Gasteiger partial charge in [-0.3, -0.25) is 0 Å². The van der Waals surface area contributed by atoms with Crippen LogP contribution in [0.5, 0.6) is 0 Å². The van der Waals surface area contributed by atoms with Crippen LogP contribution in [-0.4, -0.2) is 0 Å². The molecule has 1 atom stereocenters. The van der Waals surface area contributed by atoms with Crippen molar-refractivity contribution >= 4 is 0 Å². The lowest BCUT2D eigenvalue weighted by atomic mass is 9.75. The van der Waals surface area contributed by atoms with E-state index in [1.807, 2.05) is 44.2 Å². The first kappa shape index (κ1) is 13.7. The first-order chi connectivity index (χ1) is 8.93. The van der Waals surface area contributed by atoms with Crippen LogP contribution in [0.15, 0.2) is 48.5 Å². The number of hydrogen-bond acceptors (Lipinski definition) is 1. The highest BCUT2D eigenvalue weighted by molar-refractivity contribution is 5.31. The van der Waals surface area contributed by atoms with Crippen molar-refractivity contribution in [3.8, 4) is 0 Å². The van der Waals surface area contributed by atoms with Crippen molar-refractivity contribution in [1.29, 1.82) is 0 Å². The van der Waals surface area contributed by atoms with Crippen LogP contribution in [0.3, 0.4) is 0 Å². The molecular weight excluding hydrogens is 244 g/mol. The molecule has 0 saturated carbocycles. The molecule has 2 N–H and O–H groups in total. The van der Waals surface area contributed by atoms with Gasteiger partial charge in [0.1, 0.15) is 0 Å². The van der Waals surface area contributed by atoms with Crippen molar-refractivity contribution in [3.63, 3.8) is 0 Å². The fourth-order valence-electron chi connectivity index (χ4n) is 2.17. The van der Waals surface area contributed by atoms with Gasteiger partial charge < -0.3 is 5.73 Å². The Kier molecular flexibility index (Phi) is 3.67. The van der Waals surface area contributed by atoms with Crippen molar-refractivity contribution in [1.82, 2.24) is 0 Å². The van der Waals surface area contributed by atoms with Gasteiger partial charge >= 0.3 is 0 Å². The minimum Gasteiger partial charge on any atom is -0.323 e. The minimum atomic E-state index is -0.864. The Bertz CT molecular complexity index is 564. The van der Waals surface area contributed by atoms with Gasteiger partial charge in [-0.15, -0.1) is 0 Å². The van der Waals surface area contributed by atoms with E-state index in [9.17, 15) is 8.78 Å². The largest absolute Gasteiger partial charge is 0.323 e. The maximum atomic E-state index is 13.3. The normalized spacial score (nSPS) is 13.3. The van der Waals surface area contributed by atoms with Gasteiger partial charge in [0.05, 0.1) is 0 Å². The van der Waals surface area contributed by atoms with Gasteiger partial charge in [-0.05, 0) is 23.3 Å². The molecule has 2 aromatic carbocycles. The second kappa shape index (κ2) is 5.10. The van der Waals surface area contributed by atoms with E-state index in [2.05, 4.69) is 0 Å². The summed E-state index contributed by atoms with van der Waals surface area (Å²) in [6, 6.07) is 13.2. The number of nitrogens with two attached hydrogens (primary N) is 1. The van der Waals surface area contributed by atoms with E-state index >= 15 is 0 Å². The fourth-order valence-corrected chi connectivity index (χ4v) is 2.17.